The zero-order valence-corrected chi connectivity index (χ0v) is 13.0. The Bertz CT molecular complexity index is 515. The molecule has 0 bridgehead atoms. The van der Waals surface area contributed by atoms with Crippen LogP contribution in [-0.2, 0) is 4.79 Å². The van der Waals surface area contributed by atoms with Gasteiger partial charge in [-0.25, -0.2) is 0 Å². The Balaban J connectivity index is 2.75. The molecule has 21 heavy (non-hydrogen) atoms. The van der Waals surface area contributed by atoms with Crippen LogP contribution < -0.4 is 15.8 Å². The molecule has 1 rings (SSSR count). The van der Waals surface area contributed by atoms with Crippen LogP contribution in [0.25, 0.3) is 0 Å². The molecule has 0 aromatic heterocycles. The zero-order valence-electron chi connectivity index (χ0n) is 13.0. The summed E-state index contributed by atoms with van der Waals surface area (Å²) in [5.41, 5.74) is 6.51. The first-order valence-electron chi connectivity index (χ1n) is 6.81. The Morgan fingerprint density at radius 2 is 2.05 bits per heavy atom. The fourth-order valence-corrected chi connectivity index (χ4v) is 1.82. The van der Waals surface area contributed by atoms with E-state index in [4.69, 9.17) is 10.5 Å². The van der Waals surface area contributed by atoms with Gasteiger partial charge in [-0.3, -0.25) is 9.59 Å². The van der Waals surface area contributed by atoms with Crippen LogP contribution in [-0.4, -0.2) is 44.0 Å². The van der Waals surface area contributed by atoms with Gasteiger partial charge in [0.15, 0.2) is 5.75 Å². The first-order valence-corrected chi connectivity index (χ1v) is 6.81. The molecule has 0 saturated carbocycles. The summed E-state index contributed by atoms with van der Waals surface area (Å²) in [7, 11) is 3.03. The standard InChI is InChI=1S/C15H23N3O3/c1-10(2)8-17-13(19)9-18(3)15(20)11-6-5-7-12(16)14(11)21-4/h5-7,10H,8-9,16H2,1-4H3,(H,17,19). The highest BCUT2D eigenvalue weighted by Crippen LogP contribution is 2.26. The highest BCUT2D eigenvalue weighted by atomic mass is 16.5. The number of hydrogen-bond acceptors (Lipinski definition) is 4. The predicted molar refractivity (Wildman–Crippen MR) is 82.2 cm³/mol. The van der Waals surface area contributed by atoms with Gasteiger partial charge in [0.25, 0.3) is 5.91 Å². The van der Waals surface area contributed by atoms with Crippen molar-refractivity contribution >= 4 is 17.5 Å². The van der Waals surface area contributed by atoms with Gasteiger partial charge in [0.2, 0.25) is 5.91 Å². The van der Waals surface area contributed by atoms with E-state index < -0.39 is 0 Å². The smallest absolute Gasteiger partial charge is 0.257 e. The third kappa shape index (κ3) is 4.66. The molecule has 0 atom stereocenters. The van der Waals surface area contributed by atoms with Crippen molar-refractivity contribution in [3.63, 3.8) is 0 Å². The second-order valence-electron chi connectivity index (χ2n) is 5.29. The molecule has 6 heteroatoms. The van der Waals surface area contributed by atoms with E-state index >= 15 is 0 Å². The number of rotatable bonds is 6. The minimum absolute atomic E-state index is 0.0104. The molecule has 0 spiro atoms. The summed E-state index contributed by atoms with van der Waals surface area (Å²) in [5, 5.41) is 2.77. The second-order valence-corrected chi connectivity index (χ2v) is 5.29. The largest absolute Gasteiger partial charge is 0.494 e. The average Bonchev–Trinajstić information content (AvgIpc) is 2.43. The van der Waals surface area contributed by atoms with Crippen LogP contribution in [0.5, 0.6) is 5.75 Å². The fourth-order valence-electron chi connectivity index (χ4n) is 1.82. The van der Waals surface area contributed by atoms with Crippen molar-refractivity contribution in [1.29, 1.82) is 0 Å². The highest BCUT2D eigenvalue weighted by Gasteiger charge is 2.19. The van der Waals surface area contributed by atoms with Crippen molar-refractivity contribution in [2.24, 2.45) is 5.92 Å². The number of carbonyl (C=O) groups excluding carboxylic acids is 2. The van der Waals surface area contributed by atoms with Crippen LogP contribution in [0.3, 0.4) is 0 Å². The van der Waals surface area contributed by atoms with E-state index in [1.54, 1.807) is 25.2 Å². The minimum Gasteiger partial charge on any atom is -0.494 e. The maximum Gasteiger partial charge on any atom is 0.257 e. The van der Waals surface area contributed by atoms with E-state index in [1.165, 1.54) is 12.0 Å². The number of nitrogens with one attached hydrogen (secondary N) is 1. The number of anilines is 1. The molecular formula is C15H23N3O3. The molecule has 0 heterocycles. The van der Waals surface area contributed by atoms with Gasteiger partial charge >= 0.3 is 0 Å². The summed E-state index contributed by atoms with van der Waals surface area (Å²) in [5.74, 6) is 0.196. The van der Waals surface area contributed by atoms with Gasteiger partial charge in [0.1, 0.15) is 0 Å². The third-order valence-corrected chi connectivity index (χ3v) is 2.91. The third-order valence-electron chi connectivity index (χ3n) is 2.91. The summed E-state index contributed by atoms with van der Waals surface area (Å²) >= 11 is 0. The van der Waals surface area contributed by atoms with Gasteiger partial charge < -0.3 is 20.7 Å². The van der Waals surface area contributed by atoms with E-state index in [2.05, 4.69) is 5.32 Å². The van der Waals surface area contributed by atoms with E-state index in [-0.39, 0.29) is 18.4 Å². The van der Waals surface area contributed by atoms with Crippen molar-refractivity contribution in [1.82, 2.24) is 10.2 Å². The minimum atomic E-state index is -0.307. The van der Waals surface area contributed by atoms with Gasteiger partial charge in [-0.1, -0.05) is 19.9 Å². The molecule has 0 aliphatic carbocycles. The summed E-state index contributed by atoms with van der Waals surface area (Å²) in [4.78, 5) is 25.5. The van der Waals surface area contributed by atoms with E-state index in [0.717, 1.165) is 0 Å². The summed E-state index contributed by atoms with van der Waals surface area (Å²) in [6.45, 7) is 4.59. The lowest BCUT2D eigenvalue weighted by Gasteiger charge is -2.19. The number of benzene rings is 1. The van der Waals surface area contributed by atoms with Crippen molar-refractivity contribution in [3.05, 3.63) is 23.8 Å². The number of amides is 2. The molecule has 0 fully saturated rings. The van der Waals surface area contributed by atoms with E-state index in [9.17, 15) is 9.59 Å². The van der Waals surface area contributed by atoms with Gasteiger partial charge in [0, 0.05) is 13.6 Å². The van der Waals surface area contributed by atoms with Gasteiger partial charge in [-0.2, -0.15) is 0 Å². The monoisotopic (exact) mass is 293 g/mol. The van der Waals surface area contributed by atoms with Gasteiger partial charge in [-0.15, -0.1) is 0 Å². The number of nitrogens with zero attached hydrogens (tertiary/aromatic N) is 1. The number of ether oxygens (including phenoxy) is 1. The second kappa shape index (κ2) is 7.52. The Hall–Kier alpha value is -2.24. The summed E-state index contributed by atoms with van der Waals surface area (Å²) < 4.78 is 5.16. The molecular weight excluding hydrogens is 270 g/mol. The normalized spacial score (nSPS) is 10.3. The number of para-hydroxylation sites is 1. The van der Waals surface area contributed by atoms with Crippen LogP contribution in [0.4, 0.5) is 5.69 Å². The number of methoxy groups -OCH3 is 1. The number of likely N-dealkylation sites (N-methyl/N-ethyl adjacent to an activating group) is 1. The van der Waals surface area contributed by atoms with Crippen molar-refractivity contribution < 1.29 is 14.3 Å². The molecule has 0 unspecified atom stereocenters. The van der Waals surface area contributed by atoms with Gasteiger partial charge in [0.05, 0.1) is 24.9 Å². The lowest BCUT2D eigenvalue weighted by atomic mass is 10.1. The zero-order chi connectivity index (χ0) is 16.0. The van der Waals surface area contributed by atoms with Crippen LogP contribution in [0.2, 0.25) is 0 Å². The van der Waals surface area contributed by atoms with Gasteiger partial charge in [-0.05, 0) is 18.1 Å². The molecule has 6 nitrogen and oxygen atoms in total. The van der Waals surface area contributed by atoms with Crippen molar-refractivity contribution in [2.75, 3.05) is 33.0 Å². The highest BCUT2D eigenvalue weighted by molar-refractivity contribution is 6.00. The summed E-state index contributed by atoms with van der Waals surface area (Å²) in [6.07, 6.45) is 0. The molecule has 0 saturated heterocycles. The van der Waals surface area contributed by atoms with E-state index in [1.807, 2.05) is 13.8 Å². The van der Waals surface area contributed by atoms with Crippen molar-refractivity contribution in [2.45, 2.75) is 13.8 Å². The molecule has 0 aliphatic heterocycles. The molecule has 1 aromatic carbocycles. The van der Waals surface area contributed by atoms with Crippen LogP contribution >= 0.6 is 0 Å². The molecule has 0 aliphatic rings. The molecule has 3 N–H and O–H groups in total. The average molecular weight is 293 g/mol. The molecule has 2 amide bonds. The first kappa shape index (κ1) is 16.8. The van der Waals surface area contributed by atoms with Crippen molar-refractivity contribution in [3.8, 4) is 5.75 Å². The molecule has 116 valence electrons. The van der Waals surface area contributed by atoms with Crippen LogP contribution in [0.15, 0.2) is 18.2 Å². The fraction of sp³-hybridized carbons (Fsp3) is 0.467. The van der Waals surface area contributed by atoms with Crippen LogP contribution in [0, 0.1) is 5.92 Å². The molecule has 0 radical (unpaired) electrons. The number of nitrogens with two attached hydrogens (primary N) is 1. The van der Waals surface area contributed by atoms with Crippen LogP contribution in [0.1, 0.15) is 24.2 Å². The lowest BCUT2D eigenvalue weighted by Crippen LogP contribution is -2.39. The number of nitrogen functional groups attached to an aromatic ring is 1. The summed E-state index contributed by atoms with van der Waals surface area (Å²) in [6, 6.07) is 4.96. The maximum atomic E-state index is 12.4. The Morgan fingerprint density at radius 1 is 1.38 bits per heavy atom. The Labute approximate surface area is 125 Å². The quantitative estimate of drug-likeness (QED) is 0.770. The number of carbonyl (C=O) groups is 2. The molecule has 1 aromatic rings. The topological polar surface area (TPSA) is 84.7 Å². The Kier molecular flexibility index (Phi) is 6.02. The lowest BCUT2D eigenvalue weighted by molar-refractivity contribution is -0.121. The predicted octanol–water partition coefficient (Wildman–Crippen LogP) is 1.12. The van der Waals surface area contributed by atoms with E-state index in [0.29, 0.717) is 29.5 Å². The maximum absolute atomic E-state index is 12.4. The first-order chi connectivity index (χ1) is 9.86. The SMILES string of the molecule is COc1c(N)cccc1C(=O)N(C)CC(=O)NCC(C)C. The Morgan fingerprint density at radius 3 is 2.62 bits per heavy atom. The number of hydrogen-bond donors (Lipinski definition) is 2.